The van der Waals surface area contributed by atoms with E-state index in [1.54, 1.807) is 17.8 Å². The highest BCUT2D eigenvalue weighted by Gasteiger charge is 2.32. The number of carbonyl (C=O) groups excluding carboxylic acids is 1. The Hall–Kier alpha value is -2.15. The van der Waals surface area contributed by atoms with Crippen molar-refractivity contribution in [3.63, 3.8) is 0 Å². The maximum absolute atomic E-state index is 12.9. The van der Waals surface area contributed by atoms with Crippen LogP contribution >= 0.6 is 0 Å². The fourth-order valence-electron chi connectivity index (χ4n) is 3.14. The first-order valence-corrected chi connectivity index (χ1v) is 8.00. The van der Waals surface area contributed by atoms with Crippen LogP contribution in [0.1, 0.15) is 42.4 Å². The van der Waals surface area contributed by atoms with E-state index in [0.717, 1.165) is 31.4 Å². The molecule has 1 amide bonds. The monoisotopic (exact) mass is 317 g/mol. The fraction of sp³-hybridized carbons (Fsp3) is 0.562. The molecule has 0 aliphatic carbocycles. The smallest absolute Gasteiger partial charge is 0.276 e. The van der Waals surface area contributed by atoms with Gasteiger partial charge in [0.25, 0.3) is 5.91 Å². The van der Waals surface area contributed by atoms with Crippen molar-refractivity contribution in [1.82, 2.24) is 19.7 Å². The molecule has 3 heterocycles. The highest BCUT2D eigenvalue weighted by atomic mass is 16.4. The molecule has 2 atom stereocenters. The van der Waals surface area contributed by atoms with Crippen LogP contribution in [-0.2, 0) is 7.05 Å². The largest absolute Gasteiger partial charge is 0.440 e. The number of rotatable bonds is 3. The second-order valence-corrected chi connectivity index (χ2v) is 6.25. The molecular formula is C16H23N5O2. The molecule has 2 N–H and O–H groups in total. The molecule has 0 saturated carbocycles. The molecule has 1 aliphatic rings. The Balaban J connectivity index is 1.88. The minimum atomic E-state index is -0.0941. The number of oxazole rings is 1. The Morgan fingerprint density at radius 1 is 1.48 bits per heavy atom. The van der Waals surface area contributed by atoms with Crippen molar-refractivity contribution in [2.24, 2.45) is 12.8 Å². The molecule has 1 aliphatic heterocycles. The lowest BCUT2D eigenvalue weighted by Gasteiger charge is -2.37. The number of aromatic nitrogens is 3. The van der Waals surface area contributed by atoms with E-state index in [0.29, 0.717) is 17.3 Å². The Bertz CT molecular complexity index is 703. The molecule has 0 unspecified atom stereocenters. The normalized spacial score (nSPS) is 19.8. The minimum Gasteiger partial charge on any atom is -0.440 e. The maximum Gasteiger partial charge on any atom is 0.276 e. The number of nitrogens with two attached hydrogens (primary N) is 1. The zero-order chi connectivity index (χ0) is 16.6. The summed E-state index contributed by atoms with van der Waals surface area (Å²) in [6.45, 7) is 4.44. The van der Waals surface area contributed by atoms with Gasteiger partial charge in [-0.15, -0.1) is 0 Å². The molecule has 7 nitrogen and oxygen atoms in total. The van der Waals surface area contributed by atoms with Crippen LogP contribution in [0, 0.1) is 6.92 Å². The van der Waals surface area contributed by atoms with Crippen LogP contribution < -0.4 is 5.73 Å². The number of hydrogen-bond donors (Lipinski definition) is 1. The number of amides is 1. The maximum atomic E-state index is 12.9. The van der Waals surface area contributed by atoms with Crippen LogP contribution in [0.5, 0.6) is 0 Å². The Labute approximate surface area is 135 Å². The van der Waals surface area contributed by atoms with Crippen LogP contribution in [0.3, 0.4) is 0 Å². The summed E-state index contributed by atoms with van der Waals surface area (Å²) in [6, 6.07) is 0.0124. The molecule has 124 valence electrons. The van der Waals surface area contributed by atoms with Crippen LogP contribution in [0.2, 0.25) is 0 Å². The van der Waals surface area contributed by atoms with Gasteiger partial charge in [0.15, 0.2) is 5.69 Å². The van der Waals surface area contributed by atoms with Gasteiger partial charge in [-0.2, -0.15) is 5.10 Å². The quantitative estimate of drug-likeness (QED) is 0.931. The SMILES string of the molecule is Cc1oc(-c2cnn(C)c2)nc1C(=O)N1CCCC[C@H]1[C@@H](C)N. The van der Waals surface area contributed by atoms with Gasteiger partial charge in [0, 0.05) is 31.9 Å². The minimum absolute atomic E-state index is 0.0516. The van der Waals surface area contributed by atoms with Gasteiger partial charge in [0.05, 0.1) is 11.8 Å². The van der Waals surface area contributed by atoms with Crippen LogP contribution in [0.15, 0.2) is 16.8 Å². The Morgan fingerprint density at radius 3 is 2.91 bits per heavy atom. The van der Waals surface area contributed by atoms with Crippen molar-refractivity contribution in [3.05, 3.63) is 23.8 Å². The summed E-state index contributed by atoms with van der Waals surface area (Å²) >= 11 is 0. The summed E-state index contributed by atoms with van der Waals surface area (Å²) in [5, 5.41) is 4.11. The predicted molar refractivity (Wildman–Crippen MR) is 85.8 cm³/mol. The average molecular weight is 317 g/mol. The number of likely N-dealkylation sites (tertiary alicyclic amines) is 1. The number of aryl methyl sites for hydroxylation is 2. The van der Waals surface area contributed by atoms with Gasteiger partial charge in [0.1, 0.15) is 5.76 Å². The molecule has 0 radical (unpaired) electrons. The molecule has 1 saturated heterocycles. The van der Waals surface area contributed by atoms with E-state index < -0.39 is 0 Å². The van der Waals surface area contributed by atoms with Gasteiger partial charge < -0.3 is 15.1 Å². The van der Waals surface area contributed by atoms with Crippen LogP contribution in [-0.4, -0.2) is 44.2 Å². The van der Waals surface area contributed by atoms with Gasteiger partial charge >= 0.3 is 0 Å². The number of carbonyl (C=O) groups is 1. The number of nitrogens with zero attached hydrogens (tertiary/aromatic N) is 4. The number of hydrogen-bond acceptors (Lipinski definition) is 5. The topological polar surface area (TPSA) is 90.2 Å². The molecule has 0 aromatic carbocycles. The summed E-state index contributed by atoms with van der Waals surface area (Å²) < 4.78 is 7.35. The zero-order valence-corrected chi connectivity index (χ0v) is 13.8. The fourth-order valence-corrected chi connectivity index (χ4v) is 3.14. The zero-order valence-electron chi connectivity index (χ0n) is 13.8. The number of piperidine rings is 1. The lowest BCUT2D eigenvalue weighted by Crippen LogP contribution is -2.51. The highest BCUT2D eigenvalue weighted by molar-refractivity contribution is 5.94. The summed E-state index contributed by atoms with van der Waals surface area (Å²) in [7, 11) is 1.83. The second-order valence-electron chi connectivity index (χ2n) is 6.25. The van der Waals surface area contributed by atoms with Gasteiger partial charge in [-0.25, -0.2) is 4.98 Å². The van der Waals surface area contributed by atoms with Crippen LogP contribution in [0.4, 0.5) is 0 Å². The van der Waals surface area contributed by atoms with Crippen molar-refractivity contribution in [2.45, 2.75) is 45.2 Å². The average Bonchev–Trinajstić information content (AvgIpc) is 3.12. The Morgan fingerprint density at radius 2 is 2.26 bits per heavy atom. The van der Waals surface area contributed by atoms with Crippen molar-refractivity contribution in [2.75, 3.05) is 6.54 Å². The van der Waals surface area contributed by atoms with Gasteiger partial charge in [-0.3, -0.25) is 9.48 Å². The Kier molecular flexibility index (Phi) is 4.21. The summed E-state index contributed by atoms with van der Waals surface area (Å²) in [5.74, 6) is 0.861. The lowest BCUT2D eigenvalue weighted by molar-refractivity contribution is 0.0576. The van der Waals surface area contributed by atoms with E-state index in [1.807, 2.05) is 25.1 Å². The van der Waals surface area contributed by atoms with Crippen molar-refractivity contribution < 1.29 is 9.21 Å². The molecular weight excluding hydrogens is 294 g/mol. The first-order chi connectivity index (χ1) is 11.0. The molecule has 2 aromatic heterocycles. The van der Waals surface area contributed by atoms with Gasteiger partial charge in [-0.1, -0.05) is 0 Å². The first kappa shape index (κ1) is 15.7. The third kappa shape index (κ3) is 3.01. The van der Waals surface area contributed by atoms with Crippen molar-refractivity contribution in [1.29, 1.82) is 0 Å². The van der Waals surface area contributed by atoms with E-state index in [1.165, 1.54) is 0 Å². The standard InChI is InChI=1S/C16H23N5O2/c1-10(17)13-6-4-5-7-21(13)16(22)14-11(2)23-15(19-14)12-8-18-20(3)9-12/h8-10,13H,4-7,17H2,1-3H3/t10-,13+/m1/s1. The van der Waals surface area contributed by atoms with Crippen molar-refractivity contribution in [3.8, 4) is 11.5 Å². The van der Waals surface area contributed by atoms with E-state index in [2.05, 4.69) is 10.1 Å². The highest BCUT2D eigenvalue weighted by Crippen LogP contribution is 2.25. The summed E-state index contributed by atoms with van der Waals surface area (Å²) in [5.41, 5.74) is 7.19. The molecule has 0 bridgehead atoms. The van der Waals surface area contributed by atoms with E-state index in [9.17, 15) is 4.79 Å². The molecule has 23 heavy (non-hydrogen) atoms. The third-order valence-electron chi connectivity index (χ3n) is 4.37. The van der Waals surface area contributed by atoms with Gasteiger partial charge in [0.2, 0.25) is 5.89 Å². The third-order valence-corrected chi connectivity index (χ3v) is 4.37. The van der Waals surface area contributed by atoms with E-state index in [4.69, 9.17) is 10.2 Å². The van der Waals surface area contributed by atoms with Gasteiger partial charge in [-0.05, 0) is 33.1 Å². The molecule has 1 fully saturated rings. The molecule has 0 spiro atoms. The molecule has 3 rings (SSSR count). The second kappa shape index (κ2) is 6.16. The van der Waals surface area contributed by atoms with Crippen molar-refractivity contribution >= 4 is 5.91 Å². The predicted octanol–water partition coefficient (Wildman–Crippen LogP) is 1.73. The van der Waals surface area contributed by atoms with E-state index >= 15 is 0 Å². The lowest BCUT2D eigenvalue weighted by atomic mass is 9.96. The molecule has 7 heteroatoms. The first-order valence-electron chi connectivity index (χ1n) is 8.00. The summed E-state index contributed by atoms with van der Waals surface area (Å²) in [6.07, 6.45) is 6.53. The van der Waals surface area contributed by atoms with Crippen LogP contribution in [0.25, 0.3) is 11.5 Å². The summed E-state index contributed by atoms with van der Waals surface area (Å²) in [4.78, 5) is 19.2. The molecule has 2 aromatic rings. The van der Waals surface area contributed by atoms with E-state index in [-0.39, 0.29) is 18.0 Å².